The predicted octanol–water partition coefficient (Wildman–Crippen LogP) is 4.63. The monoisotopic (exact) mass is 611 g/mol. The van der Waals surface area contributed by atoms with Crippen molar-refractivity contribution >= 4 is 27.5 Å². The highest BCUT2D eigenvalue weighted by molar-refractivity contribution is 7.92. The molecule has 0 aliphatic heterocycles. The van der Waals surface area contributed by atoms with E-state index < -0.39 is 34.1 Å². The zero-order valence-electron chi connectivity index (χ0n) is 25.8. The molecule has 11 heteroatoms. The Hall–Kier alpha value is -4.25. The Morgan fingerprint density at radius 3 is 1.91 bits per heavy atom. The summed E-state index contributed by atoms with van der Waals surface area (Å²) in [7, 11) is 0.206. The molecule has 10 nitrogen and oxygen atoms in total. The van der Waals surface area contributed by atoms with Crippen molar-refractivity contribution in [3.05, 3.63) is 78.4 Å². The normalized spacial score (nSPS) is 12.2. The zero-order chi connectivity index (χ0) is 31.8. The van der Waals surface area contributed by atoms with Gasteiger partial charge in [0.25, 0.3) is 10.0 Å². The minimum absolute atomic E-state index is 0.0359. The second kappa shape index (κ2) is 14.3. The van der Waals surface area contributed by atoms with Crippen LogP contribution in [0.3, 0.4) is 0 Å². The molecule has 232 valence electrons. The quantitative estimate of drug-likeness (QED) is 0.300. The number of ether oxygens (including phenoxy) is 3. The first-order valence-corrected chi connectivity index (χ1v) is 15.3. The number of anilines is 1. The second-order valence-corrected chi connectivity index (χ2v) is 12.8. The van der Waals surface area contributed by atoms with Gasteiger partial charge in [-0.2, -0.15) is 0 Å². The van der Waals surface area contributed by atoms with Crippen LogP contribution in [0.4, 0.5) is 5.69 Å². The van der Waals surface area contributed by atoms with Gasteiger partial charge in [-0.05, 0) is 81.3 Å². The molecular weight excluding hydrogens is 570 g/mol. The number of sulfonamides is 1. The SMILES string of the molecule is CCC(C(=O)NC(C)(C)C)N(Cc1ccc(OC)cc1)C(=O)CN(c1ccccc1OC)S(=O)(=O)c1ccc(OC)cc1. The van der Waals surface area contributed by atoms with E-state index in [0.29, 0.717) is 17.9 Å². The number of carbonyl (C=O) groups is 2. The van der Waals surface area contributed by atoms with Crippen LogP contribution in [0.1, 0.15) is 39.7 Å². The van der Waals surface area contributed by atoms with E-state index in [0.717, 1.165) is 9.87 Å². The van der Waals surface area contributed by atoms with Gasteiger partial charge in [0.05, 0.1) is 31.9 Å². The maximum atomic E-state index is 14.3. The zero-order valence-corrected chi connectivity index (χ0v) is 26.6. The number of nitrogens with one attached hydrogen (secondary N) is 1. The van der Waals surface area contributed by atoms with Crippen molar-refractivity contribution in [2.45, 2.75) is 57.1 Å². The third-order valence-electron chi connectivity index (χ3n) is 6.68. The van der Waals surface area contributed by atoms with Crippen molar-refractivity contribution in [2.75, 3.05) is 32.2 Å². The summed E-state index contributed by atoms with van der Waals surface area (Å²) in [6, 6.07) is 18.8. The molecule has 0 saturated carbocycles. The van der Waals surface area contributed by atoms with E-state index in [1.165, 1.54) is 43.4 Å². The van der Waals surface area contributed by atoms with E-state index in [4.69, 9.17) is 14.2 Å². The Morgan fingerprint density at radius 1 is 0.837 bits per heavy atom. The Morgan fingerprint density at radius 2 is 1.40 bits per heavy atom. The van der Waals surface area contributed by atoms with E-state index in [2.05, 4.69) is 5.32 Å². The van der Waals surface area contributed by atoms with Gasteiger partial charge in [-0.1, -0.05) is 31.2 Å². The highest BCUT2D eigenvalue weighted by Gasteiger charge is 2.35. The number of carbonyl (C=O) groups excluding carboxylic acids is 2. The van der Waals surface area contributed by atoms with Crippen molar-refractivity contribution < 1.29 is 32.2 Å². The van der Waals surface area contributed by atoms with Crippen LogP contribution in [-0.4, -0.2) is 64.6 Å². The number of amides is 2. The van der Waals surface area contributed by atoms with Gasteiger partial charge >= 0.3 is 0 Å². The van der Waals surface area contributed by atoms with E-state index in [-0.39, 0.29) is 28.8 Å². The van der Waals surface area contributed by atoms with Gasteiger partial charge in [0.2, 0.25) is 11.8 Å². The van der Waals surface area contributed by atoms with Crippen molar-refractivity contribution in [3.63, 3.8) is 0 Å². The number of hydrogen-bond donors (Lipinski definition) is 1. The van der Waals surface area contributed by atoms with Crippen molar-refractivity contribution in [1.29, 1.82) is 0 Å². The molecule has 1 N–H and O–H groups in total. The average molecular weight is 612 g/mol. The van der Waals surface area contributed by atoms with E-state index in [9.17, 15) is 18.0 Å². The van der Waals surface area contributed by atoms with Crippen molar-refractivity contribution in [2.24, 2.45) is 0 Å². The summed E-state index contributed by atoms with van der Waals surface area (Å²) in [4.78, 5) is 29.1. The fourth-order valence-corrected chi connectivity index (χ4v) is 5.95. The molecule has 3 aromatic carbocycles. The van der Waals surface area contributed by atoms with Crippen LogP contribution in [0, 0.1) is 0 Å². The average Bonchev–Trinajstić information content (AvgIpc) is 2.99. The summed E-state index contributed by atoms with van der Waals surface area (Å²) < 4.78 is 45.2. The Labute approximate surface area is 254 Å². The number of methoxy groups -OCH3 is 3. The van der Waals surface area contributed by atoms with E-state index in [1.54, 1.807) is 55.6 Å². The molecule has 43 heavy (non-hydrogen) atoms. The van der Waals surface area contributed by atoms with Crippen LogP contribution >= 0.6 is 0 Å². The molecule has 3 aromatic rings. The molecule has 0 fully saturated rings. The lowest BCUT2D eigenvalue weighted by atomic mass is 10.1. The molecule has 0 heterocycles. The van der Waals surface area contributed by atoms with Crippen LogP contribution in [0.2, 0.25) is 0 Å². The van der Waals surface area contributed by atoms with Gasteiger partial charge in [-0.15, -0.1) is 0 Å². The second-order valence-electron chi connectivity index (χ2n) is 10.9. The lowest BCUT2D eigenvalue weighted by Gasteiger charge is -2.35. The van der Waals surface area contributed by atoms with Crippen LogP contribution in [0.25, 0.3) is 0 Å². The Bertz CT molecular complexity index is 1480. The highest BCUT2D eigenvalue weighted by atomic mass is 32.2. The first-order chi connectivity index (χ1) is 20.3. The predicted molar refractivity (Wildman–Crippen MR) is 166 cm³/mol. The molecular formula is C32H41N3O7S. The third kappa shape index (κ3) is 8.41. The van der Waals surface area contributed by atoms with Crippen molar-refractivity contribution in [1.82, 2.24) is 10.2 Å². The Kier molecular flexibility index (Phi) is 11.0. The fraction of sp³-hybridized carbons (Fsp3) is 0.375. The standard InChI is InChI=1S/C32H41N3O7S/c1-8-27(31(37)33-32(2,3)4)34(21-23-13-15-24(40-5)16-14-23)30(36)22-35(28-11-9-10-12-29(28)42-7)43(38,39)26-19-17-25(41-6)18-20-26/h9-20,27H,8,21-22H2,1-7H3,(H,33,37). The van der Waals surface area contributed by atoms with Crippen LogP contribution in [-0.2, 0) is 26.2 Å². The molecule has 1 unspecified atom stereocenters. The smallest absolute Gasteiger partial charge is 0.264 e. The van der Waals surface area contributed by atoms with Gasteiger partial charge in [0.1, 0.15) is 29.8 Å². The minimum atomic E-state index is -4.27. The largest absolute Gasteiger partial charge is 0.497 e. The lowest BCUT2D eigenvalue weighted by Crippen LogP contribution is -2.55. The van der Waals surface area contributed by atoms with Gasteiger partial charge in [0, 0.05) is 12.1 Å². The molecule has 0 bridgehead atoms. The third-order valence-corrected chi connectivity index (χ3v) is 8.45. The minimum Gasteiger partial charge on any atom is -0.497 e. The summed E-state index contributed by atoms with van der Waals surface area (Å²) in [5.74, 6) is 0.507. The summed E-state index contributed by atoms with van der Waals surface area (Å²) in [5, 5.41) is 2.96. The number of benzene rings is 3. The highest BCUT2D eigenvalue weighted by Crippen LogP contribution is 2.33. The number of rotatable bonds is 13. The summed E-state index contributed by atoms with van der Waals surface area (Å²) >= 11 is 0. The molecule has 0 spiro atoms. The Balaban J connectivity index is 2.10. The summed E-state index contributed by atoms with van der Waals surface area (Å²) in [6.45, 7) is 6.88. The van der Waals surface area contributed by atoms with Gasteiger partial charge < -0.3 is 24.4 Å². The molecule has 1 atom stereocenters. The molecule has 3 rings (SSSR count). The summed E-state index contributed by atoms with van der Waals surface area (Å²) in [5.41, 5.74) is 0.393. The maximum absolute atomic E-state index is 14.3. The van der Waals surface area contributed by atoms with Gasteiger partial charge in [0.15, 0.2) is 0 Å². The van der Waals surface area contributed by atoms with E-state index in [1.807, 2.05) is 27.7 Å². The summed E-state index contributed by atoms with van der Waals surface area (Å²) in [6.07, 6.45) is 0.309. The molecule has 0 radical (unpaired) electrons. The van der Waals surface area contributed by atoms with Gasteiger partial charge in [-0.3, -0.25) is 13.9 Å². The first kappa shape index (κ1) is 33.3. The molecule has 0 aliphatic carbocycles. The van der Waals surface area contributed by atoms with Crippen molar-refractivity contribution in [3.8, 4) is 17.2 Å². The van der Waals surface area contributed by atoms with Crippen LogP contribution in [0.5, 0.6) is 17.2 Å². The topological polar surface area (TPSA) is 114 Å². The van der Waals surface area contributed by atoms with Crippen LogP contribution in [0.15, 0.2) is 77.7 Å². The molecule has 2 amide bonds. The number of nitrogens with zero attached hydrogens (tertiary/aromatic N) is 2. The van der Waals surface area contributed by atoms with Gasteiger partial charge in [-0.25, -0.2) is 8.42 Å². The molecule has 0 aromatic heterocycles. The molecule has 0 aliphatic rings. The first-order valence-electron chi connectivity index (χ1n) is 13.9. The number of hydrogen-bond acceptors (Lipinski definition) is 7. The number of para-hydroxylation sites is 2. The molecule has 0 saturated heterocycles. The maximum Gasteiger partial charge on any atom is 0.264 e. The van der Waals surface area contributed by atoms with E-state index >= 15 is 0 Å². The lowest BCUT2D eigenvalue weighted by molar-refractivity contribution is -0.141. The van der Waals surface area contributed by atoms with Crippen LogP contribution < -0.4 is 23.8 Å². The fourth-order valence-electron chi connectivity index (χ4n) is 4.52.